The van der Waals surface area contributed by atoms with Crippen LogP contribution in [0.3, 0.4) is 0 Å². The van der Waals surface area contributed by atoms with Crippen LogP contribution in [-0.2, 0) is 9.53 Å². The molecule has 0 spiro atoms. The van der Waals surface area contributed by atoms with Gasteiger partial charge in [-0.1, -0.05) is 18.2 Å². The van der Waals surface area contributed by atoms with Crippen LogP contribution >= 0.6 is 11.3 Å². The number of esters is 1. The molecule has 3 aromatic rings. The minimum absolute atomic E-state index is 0.342. The van der Waals surface area contributed by atoms with E-state index in [0.29, 0.717) is 16.3 Å². The summed E-state index contributed by atoms with van der Waals surface area (Å²) in [5.74, 6) is -0.898. The van der Waals surface area contributed by atoms with Gasteiger partial charge in [0.15, 0.2) is 6.61 Å². The molecule has 1 N–H and O–H groups in total. The van der Waals surface area contributed by atoms with E-state index in [9.17, 15) is 9.59 Å². The fourth-order valence-corrected chi connectivity index (χ4v) is 3.01. The Balaban J connectivity index is 1.50. The van der Waals surface area contributed by atoms with Crippen LogP contribution in [0.2, 0.25) is 0 Å². The molecular formula is C20H17N3O3S. The van der Waals surface area contributed by atoms with Crippen molar-refractivity contribution in [1.29, 1.82) is 0 Å². The second-order valence-corrected chi connectivity index (χ2v) is 6.56. The normalized spacial score (nSPS) is 10.7. The number of hydrogen-bond donors (Lipinski definition) is 1. The van der Waals surface area contributed by atoms with Crippen molar-refractivity contribution in [2.75, 3.05) is 11.9 Å². The van der Waals surface area contributed by atoms with E-state index in [1.54, 1.807) is 24.3 Å². The number of rotatable bonds is 6. The molecule has 3 rings (SSSR count). The molecule has 7 heteroatoms. The van der Waals surface area contributed by atoms with Crippen LogP contribution in [0.25, 0.3) is 0 Å². The summed E-state index contributed by atoms with van der Waals surface area (Å²) in [5, 5.41) is 12.7. The fraction of sp³-hybridized carbons (Fsp3) is 0.100. The molecule has 0 saturated heterocycles. The minimum atomic E-state index is -0.491. The van der Waals surface area contributed by atoms with Gasteiger partial charge < -0.3 is 10.1 Å². The summed E-state index contributed by atoms with van der Waals surface area (Å²) in [5.41, 5.74) is 2.85. The van der Waals surface area contributed by atoms with Crippen molar-refractivity contribution < 1.29 is 14.3 Å². The quantitative estimate of drug-likeness (QED) is 0.468. The maximum atomic E-state index is 11.9. The molecule has 0 atom stereocenters. The Morgan fingerprint density at radius 3 is 2.26 bits per heavy atom. The van der Waals surface area contributed by atoms with Crippen LogP contribution in [0.15, 0.2) is 76.3 Å². The number of nitrogens with one attached hydrogen (secondary N) is 1. The van der Waals surface area contributed by atoms with Gasteiger partial charge in [0.1, 0.15) is 4.88 Å². The highest BCUT2D eigenvalue weighted by Gasteiger charge is 2.13. The van der Waals surface area contributed by atoms with Gasteiger partial charge in [0.05, 0.1) is 11.4 Å². The zero-order valence-electron chi connectivity index (χ0n) is 14.6. The second-order valence-electron chi connectivity index (χ2n) is 5.64. The van der Waals surface area contributed by atoms with Crippen LogP contribution in [-0.4, -0.2) is 18.5 Å². The monoisotopic (exact) mass is 379 g/mol. The van der Waals surface area contributed by atoms with Crippen molar-refractivity contribution in [2.24, 2.45) is 10.2 Å². The van der Waals surface area contributed by atoms with Crippen LogP contribution in [0, 0.1) is 6.92 Å². The zero-order chi connectivity index (χ0) is 19.1. The summed E-state index contributed by atoms with van der Waals surface area (Å²) in [6, 6.07) is 18.1. The molecule has 2 aromatic carbocycles. The smallest absolute Gasteiger partial charge is 0.349 e. The second kappa shape index (κ2) is 8.86. The van der Waals surface area contributed by atoms with Crippen molar-refractivity contribution in [2.45, 2.75) is 6.92 Å². The Morgan fingerprint density at radius 2 is 1.63 bits per heavy atom. The Bertz CT molecular complexity index is 950. The molecule has 0 fully saturated rings. The van der Waals surface area contributed by atoms with E-state index in [1.807, 2.05) is 48.7 Å². The average Bonchev–Trinajstić information content (AvgIpc) is 3.12. The SMILES string of the molecule is Cc1ccsc1C(=O)OCC(=O)Nc1ccc(N=Nc2ccccc2)cc1. The highest BCUT2D eigenvalue weighted by atomic mass is 32.1. The first-order chi connectivity index (χ1) is 13.1. The summed E-state index contributed by atoms with van der Waals surface area (Å²) >= 11 is 1.29. The Morgan fingerprint density at radius 1 is 0.963 bits per heavy atom. The van der Waals surface area contributed by atoms with E-state index in [2.05, 4.69) is 15.5 Å². The summed E-state index contributed by atoms with van der Waals surface area (Å²) in [4.78, 5) is 24.4. The Hall–Kier alpha value is -3.32. The molecule has 0 saturated carbocycles. The molecule has 1 aromatic heterocycles. The van der Waals surface area contributed by atoms with E-state index in [1.165, 1.54) is 11.3 Å². The first-order valence-corrected chi connectivity index (χ1v) is 9.08. The number of aryl methyl sites for hydroxylation is 1. The minimum Gasteiger partial charge on any atom is -0.451 e. The largest absolute Gasteiger partial charge is 0.451 e. The molecule has 136 valence electrons. The van der Waals surface area contributed by atoms with Crippen molar-refractivity contribution in [3.63, 3.8) is 0 Å². The lowest BCUT2D eigenvalue weighted by Crippen LogP contribution is -2.20. The molecule has 0 bridgehead atoms. The van der Waals surface area contributed by atoms with Crippen molar-refractivity contribution in [1.82, 2.24) is 0 Å². The number of azo groups is 1. The van der Waals surface area contributed by atoms with Gasteiger partial charge in [0.25, 0.3) is 5.91 Å². The predicted molar refractivity (Wildman–Crippen MR) is 105 cm³/mol. The number of benzene rings is 2. The molecule has 0 unspecified atom stereocenters. The molecule has 1 heterocycles. The van der Waals surface area contributed by atoms with Gasteiger partial charge in [0, 0.05) is 5.69 Å². The lowest BCUT2D eigenvalue weighted by Gasteiger charge is -2.06. The zero-order valence-corrected chi connectivity index (χ0v) is 15.4. The summed E-state index contributed by atoms with van der Waals surface area (Å²) in [6.45, 7) is 1.48. The Labute approximate surface area is 160 Å². The van der Waals surface area contributed by atoms with Crippen molar-refractivity contribution in [3.05, 3.63) is 76.5 Å². The maximum absolute atomic E-state index is 11.9. The van der Waals surface area contributed by atoms with Gasteiger partial charge in [-0.05, 0) is 60.3 Å². The van der Waals surface area contributed by atoms with E-state index >= 15 is 0 Å². The standard InChI is InChI=1S/C20H17N3O3S/c1-14-11-12-27-19(14)20(25)26-13-18(24)21-15-7-9-17(10-8-15)23-22-16-5-3-2-4-6-16/h2-12H,13H2,1H3,(H,21,24). The molecule has 0 aliphatic heterocycles. The summed E-state index contributed by atoms with van der Waals surface area (Å²) < 4.78 is 5.04. The van der Waals surface area contributed by atoms with E-state index in [-0.39, 0.29) is 6.61 Å². The number of thiophene rings is 1. The van der Waals surface area contributed by atoms with E-state index in [4.69, 9.17) is 4.74 Å². The molecule has 6 nitrogen and oxygen atoms in total. The molecule has 1 amide bonds. The number of nitrogens with zero attached hydrogens (tertiary/aromatic N) is 2. The number of carbonyl (C=O) groups excluding carboxylic acids is 2. The van der Waals surface area contributed by atoms with Crippen LogP contribution in [0.5, 0.6) is 0 Å². The number of amides is 1. The highest BCUT2D eigenvalue weighted by molar-refractivity contribution is 7.12. The third-order valence-electron chi connectivity index (χ3n) is 3.57. The third-order valence-corrected chi connectivity index (χ3v) is 4.57. The molecule has 0 radical (unpaired) electrons. The first kappa shape index (κ1) is 18.5. The van der Waals surface area contributed by atoms with Gasteiger partial charge in [-0.15, -0.1) is 11.3 Å². The average molecular weight is 379 g/mol. The lowest BCUT2D eigenvalue weighted by atomic mass is 10.3. The number of ether oxygens (including phenoxy) is 1. The molecular weight excluding hydrogens is 362 g/mol. The summed E-state index contributed by atoms with van der Waals surface area (Å²) in [7, 11) is 0. The lowest BCUT2D eigenvalue weighted by molar-refractivity contribution is -0.119. The fourth-order valence-electron chi connectivity index (χ4n) is 2.20. The van der Waals surface area contributed by atoms with Crippen molar-refractivity contribution >= 4 is 40.3 Å². The molecule has 0 aliphatic carbocycles. The van der Waals surface area contributed by atoms with E-state index < -0.39 is 11.9 Å². The molecule has 0 aliphatic rings. The van der Waals surface area contributed by atoms with Crippen LogP contribution < -0.4 is 5.32 Å². The summed E-state index contributed by atoms with van der Waals surface area (Å²) in [6.07, 6.45) is 0. The van der Waals surface area contributed by atoms with Crippen molar-refractivity contribution in [3.8, 4) is 0 Å². The Kier molecular flexibility index (Phi) is 6.06. The predicted octanol–water partition coefficient (Wildman–Crippen LogP) is 5.27. The number of hydrogen-bond acceptors (Lipinski definition) is 6. The maximum Gasteiger partial charge on any atom is 0.349 e. The van der Waals surface area contributed by atoms with Crippen LogP contribution in [0.1, 0.15) is 15.2 Å². The first-order valence-electron chi connectivity index (χ1n) is 8.20. The van der Waals surface area contributed by atoms with Gasteiger partial charge in [-0.25, -0.2) is 4.79 Å². The van der Waals surface area contributed by atoms with Gasteiger partial charge >= 0.3 is 5.97 Å². The van der Waals surface area contributed by atoms with Gasteiger partial charge in [0.2, 0.25) is 0 Å². The number of carbonyl (C=O) groups is 2. The third kappa shape index (κ3) is 5.32. The highest BCUT2D eigenvalue weighted by Crippen LogP contribution is 2.20. The van der Waals surface area contributed by atoms with Crippen LogP contribution in [0.4, 0.5) is 17.1 Å². The van der Waals surface area contributed by atoms with Gasteiger partial charge in [-0.2, -0.15) is 10.2 Å². The topological polar surface area (TPSA) is 80.1 Å². The van der Waals surface area contributed by atoms with E-state index in [0.717, 1.165) is 11.3 Å². The van der Waals surface area contributed by atoms with Gasteiger partial charge in [-0.3, -0.25) is 4.79 Å². The molecule has 27 heavy (non-hydrogen) atoms. The number of anilines is 1.